The minimum absolute atomic E-state index is 1.16. The molecule has 0 aromatic rings. The minimum Gasteiger partial charge on any atom is -0.405 e. The predicted octanol–water partition coefficient (Wildman–Crippen LogP) is 7.50. The van der Waals surface area contributed by atoms with Gasteiger partial charge in [0.2, 0.25) is 0 Å². The highest BCUT2D eigenvalue weighted by Gasteiger charge is 1.94. The van der Waals surface area contributed by atoms with Crippen molar-refractivity contribution in [2.24, 2.45) is 5.73 Å². The van der Waals surface area contributed by atoms with Crippen LogP contribution in [-0.4, -0.2) is 0 Å². The molecule has 0 heterocycles. The zero-order chi connectivity index (χ0) is 16.1. The second-order valence-corrected chi connectivity index (χ2v) is 6.87. The van der Waals surface area contributed by atoms with Crippen LogP contribution in [0.15, 0.2) is 12.3 Å². The quantitative estimate of drug-likeness (QED) is 0.261. The number of allylic oxidation sites excluding steroid dienone is 1. The van der Waals surface area contributed by atoms with Crippen molar-refractivity contribution >= 4 is 0 Å². The Hall–Kier alpha value is -0.460. The highest BCUT2D eigenvalue weighted by molar-refractivity contribution is 4.74. The number of hydrogen-bond donors (Lipinski definition) is 1. The summed E-state index contributed by atoms with van der Waals surface area (Å²) in [5, 5.41) is 0. The van der Waals surface area contributed by atoms with Crippen LogP contribution in [0.2, 0.25) is 0 Å². The van der Waals surface area contributed by atoms with Crippen LogP contribution < -0.4 is 5.73 Å². The van der Waals surface area contributed by atoms with Gasteiger partial charge in [-0.3, -0.25) is 0 Å². The summed E-state index contributed by atoms with van der Waals surface area (Å²) in [5.74, 6) is 0. The van der Waals surface area contributed by atoms with E-state index < -0.39 is 0 Å². The minimum atomic E-state index is 1.16. The normalized spacial score (nSPS) is 11.5. The van der Waals surface area contributed by atoms with E-state index in [1.807, 2.05) is 0 Å². The van der Waals surface area contributed by atoms with Crippen molar-refractivity contribution in [1.82, 2.24) is 0 Å². The van der Waals surface area contributed by atoms with Gasteiger partial charge in [0, 0.05) is 0 Å². The average molecular weight is 310 g/mol. The molecule has 0 aliphatic carbocycles. The van der Waals surface area contributed by atoms with Crippen molar-refractivity contribution in [2.45, 2.75) is 122 Å². The van der Waals surface area contributed by atoms with E-state index >= 15 is 0 Å². The second kappa shape index (κ2) is 20.5. The van der Waals surface area contributed by atoms with E-state index in [2.05, 4.69) is 13.0 Å². The van der Waals surface area contributed by atoms with E-state index in [0.717, 1.165) is 6.42 Å². The van der Waals surface area contributed by atoms with E-state index in [9.17, 15) is 0 Å². The fourth-order valence-electron chi connectivity index (χ4n) is 3.08. The van der Waals surface area contributed by atoms with Crippen LogP contribution in [0, 0.1) is 0 Å². The molecule has 0 aromatic carbocycles. The van der Waals surface area contributed by atoms with Crippen LogP contribution >= 0.6 is 0 Å². The Balaban J connectivity index is 2.94. The highest BCUT2D eigenvalue weighted by Crippen LogP contribution is 2.14. The third kappa shape index (κ3) is 19.5. The number of hydrogen-bond acceptors (Lipinski definition) is 1. The van der Waals surface area contributed by atoms with Crippen LogP contribution in [-0.2, 0) is 0 Å². The van der Waals surface area contributed by atoms with Crippen LogP contribution in [0.4, 0.5) is 0 Å². The fourth-order valence-corrected chi connectivity index (χ4v) is 3.08. The van der Waals surface area contributed by atoms with Gasteiger partial charge >= 0.3 is 0 Å². The summed E-state index contributed by atoms with van der Waals surface area (Å²) in [4.78, 5) is 0. The molecule has 0 aliphatic rings. The van der Waals surface area contributed by atoms with Gasteiger partial charge in [-0.1, -0.05) is 116 Å². The molecular weight excluding hydrogens is 266 g/mol. The second-order valence-electron chi connectivity index (χ2n) is 6.87. The Morgan fingerprint density at radius 2 is 0.818 bits per heavy atom. The summed E-state index contributed by atoms with van der Waals surface area (Å²) in [5.41, 5.74) is 5.32. The van der Waals surface area contributed by atoms with Crippen molar-refractivity contribution in [3.63, 3.8) is 0 Å². The summed E-state index contributed by atoms with van der Waals surface area (Å²) < 4.78 is 0. The van der Waals surface area contributed by atoms with Crippen molar-refractivity contribution < 1.29 is 0 Å². The van der Waals surface area contributed by atoms with Gasteiger partial charge in [0.25, 0.3) is 0 Å². The van der Waals surface area contributed by atoms with Crippen molar-refractivity contribution in [1.29, 1.82) is 0 Å². The van der Waals surface area contributed by atoms with Gasteiger partial charge in [-0.25, -0.2) is 0 Å². The molecule has 0 atom stereocenters. The summed E-state index contributed by atoms with van der Waals surface area (Å²) in [7, 11) is 0. The van der Waals surface area contributed by atoms with E-state index in [1.165, 1.54) is 109 Å². The number of rotatable bonds is 18. The molecule has 0 fully saturated rings. The average Bonchev–Trinajstić information content (AvgIpc) is 2.54. The third-order valence-electron chi connectivity index (χ3n) is 4.61. The summed E-state index contributed by atoms with van der Waals surface area (Å²) >= 11 is 0. The van der Waals surface area contributed by atoms with Gasteiger partial charge < -0.3 is 5.73 Å². The molecule has 0 saturated heterocycles. The zero-order valence-corrected chi connectivity index (χ0v) is 15.5. The largest absolute Gasteiger partial charge is 0.405 e. The predicted molar refractivity (Wildman–Crippen MR) is 102 cm³/mol. The molecule has 0 aliphatic heterocycles. The van der Waals surface area contributed by atoms with Gasteiger partial charge in [-0.05, 0) is 19.0 Å². The molecule has 0 amide bonds. The SMILES string of the molecule is CCCCCCCCCCCCCCCCCCC/C=C/N. The smallest absolute Gasteiger partial charge is 0.0103 e. The first-order valence-electron chi connectivity index (χ1n) is 10.3. The number of unbranched alkanes of at least 4 members (excludes halogenated alkanes) is 17. The topological polar surface area (TPSA) is 26.0 Å². The van der Waals surface area contributed by atoms with Crippen molar-refractivity contribution in [3.05, 3.63) is 12.3 Å². The van der Waals surface area contributed by atoms with Gasteiger partial charge in [-0.2, -0.15) is 0 Å². The maximum Gasteiger partial charge on any atom is -0.0103 e. The van der Waals surface area contributed by atoms with E-state index in [1.54, 1.807) is 6.20 Å². The Morgan fingerprint density at radius 1 is 0.500 bits per heavy atom. The summed E-state index contributed by atoms with van der Waals surface area (Å²) in [6.07, 6.45) is 29.4. The monoisotopic (exact) mass is 309 g/mol. The van der Waals surface area contributed by atoms with E-state index in [0.29, 0.717) is 0 Å². The Morgan fingerprint density at radius 3 is 1.14 bits per heavy atom. The Bertz CT molecular complexity index is 210. The van der Waals surface area contributed by atoms with Gasteiger partial charge in [0.05, 0.1) is 0 Å². The molecule has 0 bridgehead atoms. The lowest BCUT2D eigenvalue weighted by Crippen LogP contribution is -1.84. The molecule has 1 heteroatoms. The van der Waals surface area contributed by atoms with Gasteiger partial charge in [0.15, 0.2) is 0 Å². The molecule has 0 spiro atoms. The van der Waals surface area contributed by atoms with Crippen molar-refractivity contribution in [2.75, 3.05) is 0 Å². The van der Waals surface area contributed by atoms with Crippen LogP contribution in [0.1, 0.15) is 122 Å². The molecule has 132 valence electrons. The van der Waals surface area contributed by atoms with Gasteiger partial charge in [0.1, 0.15) is 0 Å². The van der Waals surface area contributed by atoms with Crippen LogP contribution in [0.3, 0.4) is 0 Å². The molecule has 1 nitrogen and oxygen atoms in total. The first kappa shape index (κ1) is 21.5. The summed E-state index contributed by atoms with van der Waals surface area (Å²) in [6, 6.07) is 0. The van der Waals surface area contributed by atoms with Gasteiger partial charge in [-0.15, -0.1) is 0 Å². The highest BCUT2D eigenvalue weighted by atomic mass is 14.5. The Kier molecular flexibility index (Phi) is 20.1. The fraction of sp³-hybridized carbons (Fsp3) is 0.905. The molecule has 0 radical (unpaired) electrons. The molecule has 2 N–H and O–H groups in total. The molecule has 0 saturated carbocycles. The third-order valence-corrected chi connectivity index (χ3v) is 4.61. The van der Waals surface area contributed by atoms with Crippen LogP contribution in [0.5, 0.6) is 0 Å². The standard InChI is InChI=1S/C21H43N/c1-2-3-4-5-6-7-8-9-10-11-12-13-14-15-16-17-18-19-20-21-22/h20-21H,2-19,22H2,1H3/b21-20+. The molecule has 22 heavy (non-hydrogen) atoms. The maximum atomic E-state index is 5.32. The Labute approximate surface area is 141 Å². The lowest BCUT2D eigenvalue weighted by molar-refractivity contribution is 0.527. The first-order chi connectivity index (χ1) is 10.9. The lowest BCUT2D eigenvalue weighted by Gasteiger charge is -2.03. The molecule has 0 rings (SSSR count). The van der Waals surface area contributed by atoms with Crippen LogP contribution in [0.25, 0.3) is 0 Å². The molecule has 0 unspecified atom stereocenters. The maximum absolute atomic E-state index is 5.32. The molecule has 0 aromatic heterocycles. The zero-order valence-electron chi connectivity index (χ0n) is 15.5. The first-order valence-corrected chi connectivity index (χ1v) is 10.3. The van der Waals surface area contributed by atoms with Crippen molar-refractivity contribution in [3.8, 4) is 0 Å². The number of nitrogens with two attached hydrogens (primary N) is 1. The lowest BCUT2D eigenvalue weighted by atomic mass is 10.0. The summed E-state index contributed by atoms with van der Waals surface area (Å²) in [6.45, 7) is 2.29. The van der Waals surface area contributed by atoms with E-state index in [4.69, 9.17) is 5.73 Å². The van der Waals surface area contributed by atoms with E-state index in [-0.39, 0.29) is 0 Å². The molecular formula is C21H43N.